The number of carbonyl (C=O) groups excluding carboxylic acids is 2. The summed E-state index contributed by atoms with van der Waals surface area (Å²) < 4.78 is 40.5. The van der Waals surface area contributed by atoms with E-state index >= 15 is 0 Å². The van der Waals surface area contributed by atoms with E-state index in [1.54, 1.807) is 4.90 Å². The number of hydrogen-bond donors (Lipinski definition) is 2. The molecule has 2 amide bonds. The Hall–Kier alpha value is -3.15. The zero-order chi connectivity index (χ0) is 27.1. The van der Waals surface area contributed by atoms with Crippen molar-refractivity contribution in [3.8, 4) is 0 Å². The molecule has 0 radical (unpaired) electrons. The highest BCUT2D eigenvalue weighted by Crippen LogP contribution is 2.32. The first-order chi connectivity index (χ1) is 17.4. The molecule has 1 aliphatic heterocycles. The fourth-order valence-electron chi connectivity index (χ4n) is 5.43. The molecular weight excluding hydrogens is 489 g/mol. The van der Waals surface area contributed by atoms with E-state index in [0.717, 1.165) is 37.4 Å². The first kappa shape index (κ1) is 26.9. The second-order valence-corrected chi connectivity index (χ2v) is 10.2. The molecule has 2 aromatic rings. The maximum Gasteiger partial charge on any atom is 0.416 e. The molecule has 0 bridgehead atoms. The predicted molar refractivity (Wildman–Crippen MR) is 130 cm³/mol. The lowest BCUT2D eigenvalue weighted by atomic mass is 9.84. The maximum atomic E-state index is 13.4. The Morgan fingerprint density at radius 1 is 1.27 bits per heavy atom. The van der Waals surface area contributed by atoms with Crippen molar-refractivity contribution in [3.05, 3.63) is 35.6 Å². The van der Waals surface area contributed by atoms with Crippen LogP contribution >= 0.6 is 0 Å². The zero-order valence-corrected chi connectivity index (χ0v) is 21.4. The predicted octanol–water partition coefficient (Wildman–Crippen LogP) is 2.56. The summed E-state index contributed by atoms with van der Waals surface area (Å²) in [6.45, 7) is 6.13. The number of alkyl halides is 3. The smallest absolute Gasteiger partial charge is 0.416 e. The van der Waals surface area contributed by atoms with Gasteiger partial charge in [0.05, 0.1) is 23.2 Å². The molecule has 1 unspecified atom stereocenters. The van der Waals surface area contributed by atoms with Gasteiger partial charge in [0.25, 0.3) is 0 Å². The summed E-state index contributed by atoms with van der Waals surface area (Å²) in [6, 6.07) is 2.31. The minimum atomic E-state index is -4.58. The van der Waals surface area contributed by atoms with Crippen LogP contribution in [0.4, 0.5) is 13.2 Å². The third-order valence-corrected chi connectivity index (χ3v) is 7.56. The van der Waals surface area contributed by atoms with Crippen molar-refractivity contribution in [2.75, 3.05) is 13.6 Å². The second kappa shape index (κ2) is 10.3. The molecule has 1 saturated carbocycles. The molecule has 1 aliphatic carbocycles. The van der Waals surface area contributed by atoms with Crippen molar-refractivity contribution >= 4 is 22.7 Å². The van der Waals surface area contributed by atoms with Gasteiger partial charge < -0.3 is 20.3 Å². The van der Waals surface area contributed by atoms with Crippen LogP contribution in [0.15, 0.2) is 29.5 Å². The van der Waals surface area contributed by atoms with Gasteiger partial charge in [-0.05, 0) is 64.8 Å². The van der Waals surface area contributed by atoms with Crippen molar-refractivity contribution < 1.29 is 28.0 Å². The van der Waals surface area contributed by atoms with Gasteiger partial charge in [-0.1, -0.05) is 0 Å². The van der Waals surface area contributed by atoms with Gasteiger partial charge in [0, 0.05) is 30.9 Å². The van der Waals surface area contributed by atoms with Gasteiger partial charge in [-0.3, -0.25) is 14.6 Å². The zero-order valence-electron chi connectivity index (χ0n) is 21.4. The van der Waals surface area contributed by atoms with Gasteiger partial charge in [-0.25, -0.2) is 4.98 Å². The van der Waals surface area contributed by atoms with E-state index in [1.807, 2.05) is 0 Å². The largest absolute Gasteiger partial charge is 0.427 e. The van der Waals surface area contributed by atoms with Gasteiger partial charge in [0.1, 0.15) is 12.4 Å². The number of hydrogen-bond acceptors (Lipinski definition) is 6. The Morgan fingerprint density at radius 3 is 2.65 bits per heavy atom. The van der Waals surface area contributed by atoms with E-state index in [9.17, 15) is 28.0 Å². The number of carbonyl (C=O) groups is 2. The van der Waals surface area contributed by atoms with Crippen molar-refractivity contribution in [2.45, 2.75) is 82.8 Å². The first-order valence-electron chi connectivity index (χ1n) is 12.5. The van der Waals surface area contributed by atoms with Crippen molar-refractivity contribution in [1.29, 1.82) is 0 Å². The lowest BCUT2D eigenvalue weighted by Crippen LogP contribution is -2.58. The third-order valence-electron chi connectivity index (χ3n) is 7.56. The Morgan fingerprint density at radius 2 is 2.00 bits per heavy atom. The molecule has 2 N–H and O–H groups in total. The van der Waals surface area contributed by atoms with Crippen LogP contribution in [0.5, 0.6) is 0 Å². The van der Waals surface area contributed by atoms with E-state index in [2.05, 4.69) is 41.1 Å². The Balaban J connectivity index is 1.62. The minimum absolute atomic E-state index is 0.000529. The van der Waals surface area contributed by atoms with Crippen molar-refractivity contribution in [1.82, 2.24) is 24.8 Å². The minimum Gasteiger partial charge on any atom is -0.427 e. The van der Waals surface area contributed by atoms with Crippen LogP contribution in [0, 0.1) is 0 Å². The lowest BCUT2D eigenvalue weighted by molar-refractivity contribution is -0.137. The Bertz CT molecular complexity index is 1240. The maximum absolute atomic E-state index is 13.4. The molecule has 2 fully saturated rings. The molecule has 2 aliphatic rings. The van der Waals surface area contributed by atoms with Gasteiger partial charge in [-0.2, -0.15) is 17.9 Å². The molecule has 202 valence electrons. The van der Waals surface area contributed by atoms with Gasteiger partial charge >= 0.3 is 6.18 Å². The highest BCUT2D eigenvalue weighted by Gasteiger charge is 2.43. The van der Waals surface area contributed by atoms with Crippen LogP contribution in [-0.4, -0.2) is 80.3 Å². The normalized spacial score (nSPS) is 25.5. The van der Waals surface area contributed by atoms with Crippen LogP contribution in [0.25, 0.3) is 10.9 Å². The SMILES string of the molecule is CC(=O)N[C@@H]1C[C@H](N(C)C(C)C)CC[C@@H]1N1CCC(N=c2ncn(O)c3ccc(C(F)(F)F)cc23)C1=O. The number of amides is 2. The molecule has 2 heterocycles. The van der Waals surface area contributed by atoms with Gasteiger partial charge in [0.2, 0.25) is 11.8 Å². The van der Waals surface area contributed by atoms with E-state index in [-0.39, 0.29) is 46.3 Å². The van der Waals surface area contributed by atoms with Gasteiger partial charge in [0.15, 0.2) is 5.49 Å². The van der Waals surface area contributed by atoms with E-state index < -0.39 is 17.8 Å². The summed E-state index contributed by atoms with van der Waals surface area (Å²) in [7, 11) is 2.06. The quantitative estimate of drug-likeness (QED) is 0.588. The van der Waals surface area contributed by atoms with Crippen LogP contribution in [-0.2, 0) is 15.8 Å². The van der Waals surface area contributed by atoms with Crippen LogP contribution < -0.4 is 10.8 Å². The summed E-state index contributed by atoms with van der Waals surface area (Å²) in [4.78, 5) is 37.9. The van der Waals surface area contributed by atoms with Crippen molar-refractivity contribution in [3.63, 3.8) is 0 Å². The number of rotatable bonds is 5. The lowest BCUT2D eigenvalue weighted by Gasteiger charge is -2.44. The number of nitrogens with one attached hydrogen (secondary N) is 1. The van der Waals surface area contributed by atoms with Crippen LogP contribution in [0.3, 0.4) is 0 Å². The molecule has 1 aromatic heterocycles. The fraction of sp³-hybridized carbons (Fsp3) is 0.600. The molecule has 12 heteroatoms. The van der Waals surface area contributed by atoms with Crippen LogP contribution in [0.1, 0.15) is 52.0 Å². The van der Waals surface area contributed by atoms with Crippen molar-refractivity contribution in [2.24, 2.45) is 4.99 Å². The molecule has 9 nitrogen and oxygen atoms in total. The average molecular weight is 523 g/mol. The molecule has 4 atom stereocenters. The molecule has 0 spiro atoms. The van der Waals surface area contributed by atoms with Crippen LogP contribution in [0.2, 0.25) is 0 Å². The van der Waals surface area contributed by atoms with E-state index in [1.165, 1.54) is 6.92 Å². The monoisotopic (exact) mass is 522 g/mol. The molecular formula is C25H33F3N6O3. The highest BCUT2D eigenvalue weighted by atomic mass is 19.4. The topological polar surface area (TPSA) is 103 Å². The molecule has 1 saturated heterocycles. The average Bonchev–Trinajstić information content (AvgIpc) is 3.18. The number of halogens is 3. The van der Waals surface area contributed by atoms with E-state index in [4.69, 9.17) is 0 Å². The fourth-order valence-corrected chi connectivity index (χ4v) is 5.43. The summed E-state index contributed by atoms with van der Waals surface area (Å²) in [6.07, 6.45) is -0.840. The molecule has 1 aromatic carbocycles. The standard InChI is InChI=1S/C25H33F3N6O3/c1-14(2)32(4)17-6-8-22(20(12-17)30-15(3)35)33-10-9-19(24(33)36)31-23-18-11-16(25(26,27)28)5-7-21(18)34(37)13-29-23/h5,7,11,13-14,17,19-20,22,37H,6,8-10,12H2,1-4H3,(H,30,35)/t17-,19?,20-,22+/m1/s1. The first-order valence-corrected chi connectivity index (χ1v) is 12.5. The summed E-state index contributed by atoms with van der Waals surface area (Å²) in [5.41, 5.74) is -0.834. The number of fused-ring (bicyclic) bond motifs is 1. The van der Waals surface area contributed by atoms with E-state index in [0.29, 0.717) is 30.2 Å². The summed E-state index contributed by atoms with van der Waals surface area (Å²) >= 11 is 0. The Kier molecular flexibility index (Phi) is 7.50. The number of likely N-dealkylation sites (tertiary alicyclic amines) is 1. The molecule has 37 heavy (non-hydrogen) atoms. The number of nitrogens with zero attached hydrogens (tertiary/aromatic N) is 5. The number of benzene rings is 1. The Labute approximate surface area is 212 Å². The third kappa shape index (κ3) is 5.58. The molecule has 4 rings (SSSR count). The summed E-state index contributed by atoms with van der Waals surface area (Å²) in [5, 5.41) is 13.1. The van der Waals surface area contributed by atoms with Gasteiger partial charge in [-0.15, -0.1) is 0 Å². The summed E-state index contributed by atoms with van der Waals surface area (Å²) in [5.74, 6) is -0.396. The number of aromatic nitrogens is 2. The second-order valence-electron chi connectivity index (χ2n) is 10.2. The highest BCUT2D eigenvalue weighted by molar-refractivity contribution is 5.85.